The molecule has 9 heteroatoms. The predicted molar refractivity (Wildman–Crippen MR) is 68.2 cm³/mol. The molecule has 0 saturated carbocycles. The van der Waals surface area contributed by atoms with Gasteiger partial charge in [0, 0.05) is 5.69 Å². The topological polar surface area (TPSA) is 72.2 Å². The molecule has 114 valence electrons. The van der Waals surface area contributed by atoms with E-state index in [-0.39, 0.29) is 17.8 Å². The summed E-state index contributed by atoms with van der Waals surface area (Å²) in [7, 11) is 1.75. The van der Waals surface area contributed by atoms with Crippen molar-refractivity contribution in [1.82, 2.24) is 15.5 Å². The van der Waals surface area contributed by atoms with Gasteiger partial charge in [-0.15, -0.1) is 18.3 Å². The first-order chi connectivity index (χ1) is 9.87. The molecule has 0 fully saturated rings. The van der Waals surface area contributed by atoms with Crippen LogP contribution in [0.2, 0.25) is 0 Å². The van der Waals surface area contributed by atoms with E-state index < -0.39 is 6.36 Å². The van der Waals surface area contributed by atoms with E-state index in [0.29, 0.717) is 11.6 Å². The Kier molecular flexibility index (Phi) is 4.32. The first-order valence-electron chi connectivity index (χ1n) is 6.01. The molecule has 0 saturated heterocycles. The number of alkyl halides is 3. The molecule has 0 aliphatic rings. The Bertz CT molecular complexity index is 583. The molecule has 0 aliphatic carbocycles. The Morgan fingerprint density at radius 3 is 2.43 bits per heavy atom. The van der Waals surface area contributed by atoms with Gasteiger partial charge in [0.2, 0.25) is 5.89 Å². The van der Waals surface area contributed by atoms with Crippen LogP contribution in [0.5, 0.6) is 5.75 Å². The SMILES string of the molecule is CNC(C)c1nnc(Nc2ccc(OC(F)(F)F)cc2)o1. The summed E-state index contributed by atoms with van der Waals surface area (Å²) in [6, 6.07) is 5.23. The fourth-order valence-corrected chi connectivity index (χ4v) is 1.45. The molecule has 2 aromatic rings. The van der Waals surface area contributed by atoms with Gasteiger partial charge in [-0.3, -0.25) is 0 Å². The van der Waals surface area contributed by atoms with Gasteiger partial charge >= 0.3 is 12.4 Å². The lowest BCUT2D eigenvalue weighted by Gasteiger charge is -2.09. The Hall–Kier alpha value is -2.29. The van der Waals surface area contributed by atoms with Crippen molar-refractivity contribution in [2.75, 3.05) is 12.4 Å². The molecule has 0 aliphatic heterocycles. The Morgan fingerprint density at radius 1 is 1.19 bits per heavy atom. The quantitative estimate of drug-likeness (QED) is 0.884. The van der Waals surface area contributed by atoms with Gasteiger partial charge in [0.15, 0.2) is 0 Å². The van der Waals surface area contributed by atoms with Crippen molar-refractivity contribution in [3.63, 3.8) is 0 Å². The highest BCUT2D eigenvalue weighted by Gasteiger charge is 2.30. The minimum atomic E-state index is -4.71. The van der Waals surface area contributed by atoms with Crippen molar-refractivity contribution < 1.29 is 22.3 Å². The summed E-state index contributed by atoms with van der Waals surface area (Å²) < 4.78 is 45.2. The normalized spacial score (nSPS) is 13.0. The van der Waals surface area contributed by atoms with Crippen LogP contribution in [0.3, 0.4) is 0 Å². The summed E-state index contributed by atoms with van der Waals surface area (Å²) in [6.07, 6.45) is -4.71. The Balaban J connectivity index is 2.01. The third kappa shape index (κ3) is 4.35. The number of ether oxygens (including phenoxy) is 1. The second-order valence-electron chi connectivity index (χ2n) is 4.15. The average Bonchev–Trinajstić information content (AvgIpc) is 2.87. The molecular weight excluding hydrogens is 289 g/mol. The van der Waals surface area contributed by atoms with Gasteiger partial charge in [0.1, 0.15) is 5.75 Å². The minimum Gasteiger partial charge on any atom is -0.406 e. The van der Waals surface area contributed by atoms with E-state index in [1.165, 1.54) is 24.3 Å². The highest BCUT2D eigenvalue weighted by atomic mass is 19.4. The molecule has 6 nitrogen and oxygen atoms in total. The van der Waals surface area contributed by atoms with Gasteiger partial charge in [0.25, 0.3) is 0 Å². The number of nitrogens with zero attached hydrogens (tertiary/aromatic N) is 2. The highest BCUT2D eigenvalue weighted by Crippen LogP contribution is 2.25. The van der Waals surface area contributed by atoms with Crippen LogP contribution < -0.4 is 15.4 Å². The zero-order valence-electron chi connectivity index (χ0n) is 11.2. The van der Waals surface area contributed by atoms with E-state index in [0.717, 1.165) is 0 Å². The number of hydrogen-bond donors (Lipinski definition) is 2. The van der Waals surface area contributed by atoms with Crippen molar-refractivity contribution in [3.05, 3.63) is 30.2 Å². The van der Waals surface area contributed by atoms with E-state index in [1.54, 1.807) is 7.05 Å². The predicted octanol–water partition coefficient (Wildman–Crippen LogP) is 2.99. The van der Waals surface area contributed by atoms with E-state index in [1.807, 2.05) is 6.92 Å². The van der Waals surface area contributed by atoms with E-state index in [9.17, 15) is 13.2 Å². The van der Waals surface area contributed by atoms with E-state index >= 15 is 0 Å². The average molecular weight is 302 g/mol. The molecule has 1 aromatic heterocycles. The van der Waals surface area contributed by atoms with Gasteiger partial charge in [-0.05, 0) is 38.2 Å². The van der Waals surface area contributed by atoms with Crippen molar-refractivity contribution in [3.8, 4) is 5.75 Å². The highest BCUT2D eigenvalue weighted by molar-refractivity contribution is 5.53. The maximum Gasteiger partial charge on any atom is 0.573 e. The largest absolute Gasteiger partial charge is 0.573 e. The molecule has 0 bridgehead atoms. The summed E-state index contributed by atoms with van der Waals surface area (Å²) in [4.78, 5) is 0. The minimum absolute atomic E-state index is 0.101. The summed E-state index contributed by atoms with van der Waals surface area (Å²) in [6.45, 7) is 1.85. The molecule has 2 N–H and O–H groups in total. The molecule has 1 heterocycles. The van der Waals surface area contributed by atoms with Crippen LogP contribution in [0.25, 0.3) is 0 Å². The molecule has 0 radical (unpaired) electrons. The van der Waals surface area contributed by atoms with Crippen molar-refractivity contribution >= 4 is 11.7 Å². The van der Waals surface area contributed by atoms with Crippen molar-refractivity contribution in [2.45, 2.75) is 19.3 Å². The smallest absolute Gasteiger partial charge is 0.406 e. The van der Waals surface area contributed by atoms with Crippen LogP contribution in [-0.4, -0.2) is 23.6 Å². The van der Waals surface area contributed by atoms with Gasteiger partial charge < -0.3 is 19.8 Å². The summed E-state index contributed by atoms with van der Waals surface area (Å²) in [5, 5.41) is 13.3. The standard InChI is InChI=1S/C12H13F3N4O2/c1-7(16-2)10-18-19-11(20-10)17-8-3-5-9(6-4-8)21-12(13,14)15/h3-7,16H,1-2H3,(H,17,19). The van der Waals surface area contributed by atoms with Crippen LogP contribution >= 0.6 is 0 Å². The van der Waals surface area contributed by atoms with Gasteiger partial charge in [-0.25, -0.2) is 0 Å². The summed E-state index contributed by atoms with van der Waals surface area (Å²) >= 11 is 0. The van der Waals surface area contributed by atoms with Crippen LogP contribution in [0.4, 0.5) is 24.9 Å². The zero-order valence-corrected chi connectivity index (χ0v) is 11.2. The first kappa shape index (κ1) is 15.1. The van der Waals surface area contributed by atoms with Crippen LogP contribution in [0.15, 0.2) is 28.7 Å². The maximum atomic E-state index is 12.0. The lowest BCUT2D eigenvalue weighted by atomic mass is 10.3. The molecule has 2 rings (SSSR count). The molecule has 21 heavy (non-hydrogen) atoms. The first-order valence-corrected chi connectivity index (χ1v) is 6.01. The van der Waals surface area contributed by atoms with Crippen molar-refractivity contribution in [1.29, 1.82) is 0 Å². The lowest BCUT2D eigenvalue weighted by Crippen LogP contribution is -2.16. The molecule has 0 amide bonds. The second kappa shape index (κ2) is 6.00. The molecular formula is C12H13F3N4O2. The number of aromatic nitrogens is 2. The van der Waals surface area contributed by atoms with Gasteiger partial charge in [-0.2, -0.15) is 0 Å². The van der Waals surface area contributed by atoms with Gasteiger partial charge in [0.05, 0.1) is 6.04 Å². The van der Waals surface area contributed by atoms with E-state index in [2.05, 4.69) is 25.6 Å². The Morgan fingerprint density at radius 2 is 1.86 bits per heavy atom. The third-order valence-electron chi connectivity index (χ3n) is 2.58. The number of hydrogen-bond acceptors (Lipinski definition) is 6. The van der Waals surface area contributed by atoms with Crippen LogP contribution in [0, 0.1) is 0 Å². The fraction of sp³-hybridized carbons (Fsp3) is 0.333. The zero-order chi connectivity index (χ0) is 15.5. The number of nitrogens with one attached hydrogen (secondary N) is 2. The van der Waals surface area contributed by atoms with Crippen molar-refractivity contribution in [2.24, 2.45) is 0 Å². The number of benzene rings is 1. The number of anilines is 2. The maximum absolute atomic E-state index is 12.0. The molecule has 1 unspecified atom stereocenters. The van der Waals surface area contributed by atoms with Crippen LogP contribution in [0.1, 0.15) is 18.9 Å². The third-order valence-corrected chi connectivity index (χ3v) is 2.58. The van der Waals surface area contributed by atoms with E-state index in [4.69, 9.17) is 4.42 Å². The Labute approximate surface area is 118 Å². The number of halogens is 3. The molecule has 0 spiro atoms. The van der Waals surface area contributed by atoms with Gasteiger partial charge in [-0.1, -0.05) is 5.10 Å². The summed E-state index contributed by atoms with van der Waals surface area (Å²) in [5.74, 6) is 0.0973. The second-order valence-corrected chi connectivity index (χ2v) is 4.15. The molecule has 1 atom stereocenters. The summed E-state index contributed by atoms with van der Waals surface area (Å²) in [5.41, 5.74) is 0.497. The lowest BCUT2D eigenvalue weighted by molar-refractivity contribution is -0.274. The number of rotatable bonds is 5. The van der Waals surface area contributed by atoms with Crippen LogP contribution in [-0.2, 0) is 0 Å². The molecule has 1 aromatic carbocycles. The monoisotopic (exact) mass is 302 g/mol. The fourth-order valence-electron chi connectivity index (χ4n) is 1.45.